The zero-order valence-electron chi connectivity index (χ0n) is 19.1. The number of carbonyl (C=O) groups excluding carboxylic acids is 2. The molecule has 1 aromatic heterocycles. The van der Waals surface area contributed by atoms with Gasteiger partial charge in [0.25, 0.3) is 0 Å². The van der Waals surface area contributed by atoms with Crippen molar-refractivity contribution >= 4 is 11.8 Å². The number of benzene rings is 2. The maximum atomic E-state index is 13.1. The topological polar surface area (TPSA) is 71.5 Å². The summed E-state index contributed by atoms with van der Waals surface area (Å²) in [6.07, 6.45) is 5.05. The van der Waals surface area contributed by atoms with Crippen molar-refractivity contribution in [3.8, 4) is 16.9 Å². The minimum Gasteiger partial charge on any atom is -0.497 e. The Bertz CT molecular complexity index is 1130. The van der Waals surface area contributed by atoms with Crippen LogP contribution in [0.5, 0.6) is 5.75 Å². The van der Waals surface area contributed by atoms with Gasteiger partial charge in [0.15, 0.2) is 0 Å². The zero-order chi connectivity index (χ0) is 23.3. The van der Waals surface area contributed by atoms with Crippen LogP contribution in [0.25, 0.3) is 11.1 Å². The van der Waals surface area contributed by atoms with Crippen LogP contribution in [0, 0.1) is 5.41 Å². The Balaban J connectivity index is 1.56. The standard InChI is InChI=1S/C27H29N3O3/c1-28-26(32)27(17-21-8-3-4-11-24(21)22-9-6-13-29-18-22)12-14-30(19-27)25(31)16-20-7-5-10-23(15-20)33-2/h3-11,13,15,18H,12,14,16-17,19H2,1-2H3,(H,28,32). The third-order valence-electron chi connectivity index (χ3n) is 6.42. The molecule has 1 atom stereocenters. The highest BCUT2D eigenvalue weighted by Gasteiger charge is 2.45. The van der Waals surface area contributed by atoms with E-state index in [9.17, 15) is 9.59 Å². The molecule has 1 aliphatic heterocycles. The lowest BCUT2D eigenvalue weighted by molar-refractivity contribution is -0.132. The van der Waals surface area contributed by atoms with Gasteiger partial charge in [-0.3, -0.25) is 14.6 Å². The molecule has 2 heterocycles. The van der Waals surface area contributed by atoms with Gasteiger partial charge in [0, 0.05) is 38.1 Å². The fraction of sp³-hybridized carbons (Fsp3) is 0.296. The van der Waals surface area contributed by atoms with Gasteiger partial charge in [0.2, 0.25) is 11.8 Å². The van der Waals surface area contributed by atoms with Gasteiger partial charge in [-0.25, -0.2) is 0 Å². The van der Waals surface area contributed by atoms with Crippen molar-refractivity contribution in [3.05, 3.63) is 84.2 Å². The average Bonchev–Trinajstić information content (AvgIpc) is 3.30. The first kappa shape index (κ1) is 22.5. The largest absolute Gasteiger partial charge is 0.497 e. The minimum absolute atomic E-state index is 0.0228. The van der Waals surface area contributed by atoms with Crippen molar-refractivity contribution in [3.63, 3.8) is 0 Å². The summed E-state index contributed by atoms with van der Waals surface area (Å²) in [5, 5.41) is 2.85. The number of ether oxygens (including phenoxy) is 1. The summed E-state index contributed by atoms with van der Waals surface area (Å²) in [4.78, 5) is 32.3. The van der Waals surface area contributed by atoms with Crippen molar-refractivity contribution in [2.75, 3.05) is 27.2 Å². The highest BCUT2D eigenvalue weighted by molar-refractivity contribution is 5.86. The number of aromatic nitrogens is 1. The molecule has 4 rings (SSSR count). The van der Waals surface area contributed by atoms with Gasteiger partial charge >= 0.3 is 0 Å². The van der Waals surface area contributed by atoms with Crippen LogP contribution in [-0.4, -0.2) is 48.9 Å². The van der Waals surface area contributed by atoms with Crippen molar-refractivity contribution in [2.24, 2.45) is 5.41 Å². The molecule has 1 aliphatic rings. The smallest absolute Gasteiger partial charge is 0.228 e. The first-order valence-corrected chi connectivity index (χ1v) is 11.2. The molecule has 6 heteroatoms. The van der Waals surface area contributed by atoms with Gasteiger partial charge < -0.3 is 15.0 Å². The van der Waals surface area contributed by atoms with Crippen LogP contribution in [0.3, 0.4) is 0 Å². The Hall–Kier alpha value is -3.67. The zero-order valence-corrected chi connectivity index (χ0v) is 19.1. The van der Waals surface area contributed by atoms with Crippen molar-refractivity contribution in [1.29, 1.82) is 0 Å². The Morgan fingerprint density at radius 3 is 2.73 bits per heavy atom. The number of methoxy groups -OCH3 is 1. The molecule has 33 heavy (non-hydrogen) atoms. The number of amides is 2. The first-order valence-electron chi connectivity index (χ1n) is 11.2. The lowest BCUT2D eigenvalue weighted by Gasteiger charge is -2.28. The molecule has 2 aromatic carbocycles. The van der Waals surface area contributed by atoms with Gasteiger partial charge in [-0.05, 0) is 47.7 Å². The molecule has 1 fully saturated rings. The van der Waals surface area contributed by atoms with E-state index in [2.05, 4.69) is 22.4 Å². The van der Waals surface area contributed by atoms with E-state index in [1.54, 1.807) is 20.4 Å². The van der Waals surface area contributed by atoms with Gasteiger partial charge in [-0.1, -0.05) is 42.5 Å². The predicted molar refractivity (Wildman–Crippen MR) is 128 cm³/mol. The molecule has 1 N–H and O–H groups in total. The Kier molecular flexibility index (Phi) is 6.73. The number of pyridine rings is 1. The maximum absolute atomic E-state index is 13.1. The van der Waals surface area contributed by atoms with Crippen molar-refractivity contribution < 1.29 is 14.3 Å². The highest BCUT2D eigenvalue weighted by atomic mass is 16.5. The van der Waals surface area contributed by atoms with E-state index in [0.29, 0.717) is 25.9 Å². The highest BCUT2D eigenvalue weighted by Crippen LogP contribution is 2.37. The van der Waals surface area contributed by atoms with Gasteiger partial charge in [0.1, 0.15) is 5.75 Å². The molecule has 0 bridgehead atoms. The summed E-state index contributed by atoms with van der Waals surface area (Å²) in [6.45, 7) is 0.960. The van der Waals surface area contributed by atoms with E-state index in [-0.39, 0.29) is 18.2 Å². The molecule has 0 aliphatic carbocycles. The molecule has 0 spiro atoms. The lowest BCUT2D eigenvalue weighted by atomic mass is 9.78. The molecule has 1 saturated heterocycles. The molecule has 0 saturated carbocycles. The molecule has 2 amide bonds. The number of likely N-dealkylation sites (tertiary alicyclic amines) is 1. The summed E-state index contributed by atoms with van der Waals surface area (Å²) in [6, 6.07) is 19.6. The van der Waals surface area contributed by atoms with Crippen LogP contribution in [0.2, 0.25) is 0 Å². The average molecular weight is 444 g/mol. The number of rotatable bonds is 7. The number of nitrogens with one attached hydrogen (secondary N) is 1. The maximum Gasteiger partial charge on any atom is 0.228 e. The second-order valence-corrected chi connectivity index (χ2v) is 8.53. The van der Waals surface area contributed by atoms with E-state index in [0.717, 1.165) is 28.0 Å². The predicted octanol–water partition coefficient (Wildman–Crippen LogP) is 3.51. The minimum atomic E-state index is -0.670. The lowest BCUT2D eigenvalue weighted by Crippen LogP contribution is -2.44. The van der Waals surface area contributed by atoms with Crippen LogP contribution in [0.15, 0.2) is 73.1 Å². The van der Waals surface area contributed by atoms with Crippen LogP contribution in [-0.2, 0) is 22.4 Å². The summed E-state index contributed by atoms with van der Waals surface area (Å²) in [5.74, 6) is 0.725. The van der Waals surface area contributed by atoms with Crippen molar-refractivity contribution in [1.82, 2.24) is 15.2 Å². The van der Waals surface area contributed by atoms with Crippen LogP contribution < -0.4 is 10.1 Å². The quantitative estimate of drug-likeness (QED) is 0.607. The Labute approximate surface area is 194 Å². The normalized spacial score (nSPS) is 17.6. The summed E-state index contributed by atoms with van der Waals surface area (Å²) >= 11 is 0. The monoisotopic (exact) mass is 443 g/mol. The number of hydrogen-bond acceptors (Lipinski definition) is 4. The summed E-state index contributed by atoms with van der Waals surface area (Å²) in [5.41, 5.74) is 3.39. The molecular formula is C27H29N3O3. The fourth-order valence-electron chi connectivity index (χ4n) is 4.67. The Morgan fingerprint density at radius 2 is 1.97 bits per heavy atom. The number of carbonyl (C=O) groups is 2. The summed E-state index contributed by atoms with van der Waals surface area (Å²) < 4.78 is 5.27. The third-order valence-corrected chi connectivity index (χ3v) is 6.42. The van der Waals surface area contributed by atoms with Crippen LogP contribution in [0.4, 0.5) is 0 Å². The second-order valence-electron chi connectivity index (χ2n) is 8.53. The molecule has 1 unspecified atom stereocenters. The first-order chi connectivity index (χ1) is 16.0. The van der Waals surface area contributed by atoms with E-state index >= 15 is 0 Å². The van der Waals surface area contributed by atoms with Gasteiger partial charge in [-0.2, -0.15) is 0 Å². The third kappa shape index (κ3) is 4.90. The SMILES string of the molecule is CNC(=O)C1(Cc2ccccc2-c2cccnc2)CCN(C(=O)Cc2cccc(OC)c2)C1. The van der Waals surface area contributed by atoms with Crippen LogP contribution >= 0.6 is 0 Å². The van der Waals surface area contributed by atoms with Gasteiger partial charge in [-0.15, -0.1) is 0 Å². The van der Waals surface area contributed by atoms with E-state index in [4.69, 9.17) is 4.74 Å². The second kappa shape index (κ2) is 9.86. The van der Waals surface area contributed by atoms with Gasteiger partial charge in [0.05, 0.1) is 18.9 Å². The molecule has 6 nitrogen and oxygen atoms in total. The summed E-state index contributed by atoms with van der Waals surface area (Å²) in [7, 11) is 3.28. The van der Waals surface area contributed by atoms with E-state index in [1.807, 2.05) is 59.6 Å². The van der Waals surface area contributed by atoms with Crippen molar-refractivity contribution in [2.45, 2.75) is 19.3 Å². The van der Waals surface area contributed by atoms with E-state index < -0.39 is 5.41 Å². The van der Waals surface area contributed by atoms with Crippen LogP contribution in [0.1, 0.15) is 17.5 Å². The fourth-order valence-corrected chi connectivity index (χ4v) is 4.67. The Morgan fingerprint density at radius 1 is 1.12 bits per heavy atom. The molecule has 170 valence electrons. The molecule has 3 aromatic rings. The van der Waals surface area contributed by atoms with E-state index in [1.165, 1.54) is 0 Å². The molecule has 0 radical (unpaired) electrons. The number of nitrogens with zero attached hydrogens (tertiary/aromatic N) is 2. The number of hydrogen-bond donors (Lipinski definition) is 1. The molecular weight excluding hydrogens is 414 g/mol.